The van der Waals surface area contributed by atoms with Crippen LogP contribution in [0.2, 0.25) is 5.02 Å². The molecule has 0 spiro atoms. The number of nitrogens with one attached hydrogen (secondary N) is 1. The predicted molar refractivity (Wildman–Crippen MR) is 77.9 cm³/mol. The maximum Gasteiger partial charge on any atom is 0.0593 e. The van der Waals surface area contributed by atoms with E-state index in [4.69, 9.17) is 11.6 Å². The SMILES string of the molecule is CN1CCC(CNc2cccc(Cl)c2Br)CC1. The van der Waals surface area contributed by atoms with E-state index in [1.54, 1.807) is 0 Å². The van der Waals surface area contributed by atoms with Gasteiger partial charge in [-0.1, -0.05) is 17.7 Å². The second-order valence-electron chi connectivity index (χ2n) is 4.73. The lowest BCUT2D eigenvalue weighted by Crippen LogP contribution is -2.32. The third-order valence-electron chi connectivity index (χ3n) is 3.37. The standard InChI is InChI=1S/C13H18BrClN2/c1-17-7-5-10(6-8-17)9-16-12-4-2-3-11(15)13(12)14/h2-4,10,16H,5-9H2,1H3. The Balaban J connectivity index is 1.87. The number of hydrogen-bond acceptors (Lipinski definition) is 2. The predicted octanol–water partition coefficient (Wildman–Crippen LogP) is 3.86. The summed E-state index contributed by atoms with van der Waals surface area (Å²) in [6.07, 6.45) is 2.56. The van der Waals surface area contributed by atoms with Gasteiger partial charge in [0, 0.05) is 12.2 Å². The average molecular weight is 318 g/mol. The number of anilines is 1. The lowest BCUT2D eigenvalue weighted by molar-refractivity contribution is 0.226. The van der Waals surface area contributed by atoms with E-state index in [-0.39, 0.29) is 0 Å². The monoisotopic (exact) mass is 316 g/mol. The van der Waals surface area contributed by atoms with Crippen LogP contribution in [0, 0.1) is 5.92 Å². The molecule has 2 nitrogen and oxygen atoms in total. The highest BCUT2D eigenvalue weighted by Crippen LogP contribution is 2.30. The molecule has 1 saturated heterocycles. The Morgan fingerprint density at radius 3 is 2.82 bits per heavy atom. The van der Waals surface area contributed by atoms with Crippen molar-refractivity contribution in [3.05, 3.63) is 27.7 Å². The zero-order valence-corrected chi connectivity index (χ0v) is 12.4. The Bertz CT molecular complexity index is 376. The van der Waals surface area contributed by atoms with Gasteiger partial charge in [0.2, 0.25) is 0 Å². The van der Waals surface area contributed by atoms with Crippen LogP contribution >= 0.6 is 27.5 Å². The topological polar surface area (TPSA) is 15.3 Å². The minimum atomic E-state index is 0.762. The zero-order chi connectivity index (χ0) is 12.3. The van der Waals surface area contributed by atoms with Crippen LogP contribution in [0.4, 0.5) is 5.69 Å². The molecule has 4 heteroatoms. The molecule has 0 aromatic heterocycles. The van der Waals surface area contributed by atoms with Crippen molar-refractivity contribution in [2.24, 2.45) is 5.92 Å². The Hall–Kier alpha value is -0.250. The molecule has 0 amide bonds. The van der Waals surface area contributed by atoms with Crippen LogP contribution in [0.5, 0.6) is 0 Å². The van der Waals surface area contributed by atoms with E-state index >= 15 is 0 Å². The van der Waals surface area contributed by atoms with Crippen LogP contribution in [0.25, 0.3) is 0 Å². The van der Waals surface area contributed by atoms with Crippen molar-refractivity contribution >= 4 is 33.2 Å². The molecule has 0 radical (unpaired) electrons. The summed E-state index contributed by atoms with van der Waals surface area (Å²) in [5.41, 5.74) is 1.09. The third-order valence-corrected chi connectivity index (χ3v) is 4.77. The molecule has 1 fully saturated rings. The van der Waals surface area contributed by atoms with Crippen molar-refractivity contribution in [3.63, 3.8) is 0 Å². The number of benzene rings is 1. The fraction of sp³-hybridized carbons (Fsp3) is 0.538. The summed E-state index contributed by atoms with van der Waals surface area (Å²) in [5, 5.41) is 4.25. The van der Waals surface area contributed by atoms with Gasteiger partial charge in [-0.25, -0.2) is 0 Å². The highest BCUT2D eigenvalue weighted by Gasteiger charge is 2.16. The van der Waals surface area contributed by atoms with E-state index in [1.807, 2.05) is 12.1 Å². The van der Waals surface area contributed by atoms with Crippen molar-refractivity contribution < 1.29 is 0 Å². The lowest BCUT2D eigenvalue weighted by atomic mass is 9.97. The van der Waals surface area contributed by atoms with E-state index in [1.165, 1.54) is 25.9 Å². The van der Waals surface area contributed by atoms with Crippen LogP contribution < -0.4 is 5.32 Å². The Morgan fingerprint density at radius 1 is 1.41 bits per heavy atom. The van der Waals surface area contributed by atoms with Crippen LogP contribution in [0.1, 0.15) is 12.8 Å². The van der Waals surface area contributed by atoms with Crippen molar-refractivity contribution in [2.45, 2.75) is 12.8 Å². The van der Waals surface area contributed by atoms with Gasteiger partial charge in [-0.3, -0.25) is 0 Å². The number of nitrogens with zero attached hydrogens (tertiary/aromatic N) is 1. The highest BCUT2D eigenvalue weighted by atomic mass is 79.9. The first-order valence-electron chi connectivity index (χ1n) is 6.03. The third kappa shape index (κ3) is 3.60. The van der Waals surface area contributed by atoms with Gasteiger partial charge in [0.25, 0.3) is 0 Å². The molecule has 2 rings (SSSR count). The molecule has 1 aliphatic rings. The van der Waals surface area contributed by atoms with Crippen molar-refractivity contribution in [3.8, 4) is 0 Å². The molecular weight excluding hydrogens is 300 g/mol. The van der Waals surface area contributed by atoms with Gasteiger partial charge in [-0.2, -0.15) is 0 Å². The van der Waals surface area contributed by atoms with E-state index in [0.717, 1.165) is 27.6 Å². The Labute approximate surface area is 116 Å². The normalized spacial score (nSPS) is 18.3. The molecule has 0 atom stereocenters. The Kier molecular flexibility index (Phi) is 4.71. The summed E-state index contributed by atoms with van der Waals surface area (Å²) in [5.74, 6) is 0.775. The molecule has 1 aliphatic heterocycles. The first-order valence-corrected chi connectivity index (χ1v) is 7.20. The molecule has 1 aromatic rings. The van der Waals surface area contributed by atoms with E-state index < -0.39 is 0 Å². The summed E-state index contributed by atoms with van der Waals surface area (Å²) in [6.45, 7) is 3.46. The van der Waals surface area contributed by atoms with Crippen LogP contribution in [-0.4, -0.2) is 31.6 Å². The second kappa shape index (κ2) is 6.07. The van der Waals surface area contributed by atoms with Crippen molar-refractivity contribution in [1.29, 1.82) is 0 Å². The molecule has 0 saturated carbocycles. The number of piperidine rings is 1. The van der Waals surface area contributed by atoms with Crippen LogP contribution in [0.15, 0.2) is 22.7 Å². The first-order chi connectivity index (χ1) is 8.16. The average Bonchev–Trinajstić information content (AvgIpc) is 2.33. The number of rotatable bonds is 3. The number of likely N-dealkylation sites (tertiary alicyclic amines) is 1. The molecule has 94 valence electrons. The molecule has 1 aromatic carbocycles. The molecule has 17 heavy (non-hydrogen) atoms. The van der Waals surface area contributed by atoms with Gasteiger partial charge in [0.1, 0.15) is 0 Å². The van der Waals surface area contributed by atoms with Crippen LogP contribution in [-0.2, 0) is 0 Å². The van der Waals surface area contributed by atoms with E-state index in [9.17, 15) is 0 Å². The number of halogens is 2. The minimum absolute atomic E-state index is 0.762. The Morgan fingerprint density at radius 2 is 2.12 bits per heavy atom. The fourth-order valence-electron chi connectivity index (χ4n) is 2.16. The summed E-state index contributed by atoms with van der Waals surface area (Å²) in [4.78, 5) is 2.39. The molecule has 0 aliphatic carbocycles. The van der Waals surface area contributed by atoms with Gasteiger partial charge in [0.05, 0.1) is 9.50 Å². The van der Waals surface area contributed by atoms with Crippen LogP contribution in [0.3, 0.4) is 0 Å². The van der Waals surface area contributed by atoms with Gasteiger partial charge in [0.15, 0.2) is 0 Å². The highest BCUT2D eigenvalue weighted by molar-refractivity contribution is 9.10. The molecule has 0 unspecified atom stereocenters. The van der Waals surface area contributed by atoms with Crippen molar-refractivity contribution in [2.75, 3.05) is 32.0 Å². The summed E-state index contributed by atoms with van der Waals surface area (Å²) >= 11 is 9.57. The largest absolute Gasteiger partial charge is 0.384 e. The van der Waals surface area contributed by atoms with Gasteiger partial charge >= 0.3 is 0 Å². The van der Waals surface area contributed by atoms with Crippen molar-refractivity contribution in [1.82, 2.24) is 4.90 Å². The zero-order valence-electron chi connectivity index (χ0n) is 10.0. The van der Waals surface area contributed by atoms with E-state index in [2.05, 4.69) is 39.3 Å². The minimum Gasteiger partial charge on any atom is -0.384 e. The maximum atomic E-state index is 6.06. The fourth-order valence-corrected chi connectivity index (χ4v) is 2.74. The molecular formula is C13H18BrClN2. The quantitative estimate of drug-likeness (QED) is 0.911. The smallest absolute Gasteiger partial charge is 0.0593 e. The molecule has 0 bridgehead atoms. The maximum absolute atomic E-state index is 6.06. The second-order valence-corrected chi connectivity index (χ2v) is 5.93. The molecule has 1 heterocycles. The van der Waals surface area contributed by atoms with Gasteiger partial charge in [-0.15, -0.1) is 0 Å². The van der Waals surface area contributed by atoms with Gasteiger partial charge < -0.3 is 10.2 Å². The summed E-state index contributed by atoms with van der Waals surface area (Å²) in [6, 6.07) is 5.93. The molecule has 1 N–H and O–H groups in total. The summed E-state index contributed by atoms with van der Waals surface area (Å²) < 4.78 is 0.967. The number of hydrogen-bond donors (Lipinski definition) is 1. The van der Waals surface area contributed by atoms with Gasteiger partial charge in [-0.05, 0) is 67.0 Å². The lowest BCUT2D eigenvalue weighted by Gasteiger charge is -2.29. The van der Waals surface area contributed by atoms with E-state index in [0.29, 0.717) is 0 Å². The first kappa shape index (κ1) is 13.2. The summed E-state index contributed by atoms with van der Waals surface area (Å²) in [7, 11) is 2.19.